The smallest absolute Gasteiger partial charge is 0.282 e. The fourth-order valence-electron chi connectivity index (χ4n) is 4.07. The summed E-state index contributed by atoms with van der Waals surface area (Å²) in [5.41, 5.74) is 6.49. The van der Waals surface area contributed by atoms with Gasteiger partial charge in [-0.3, -0.25) is 9.59 Å². The van der Waals surface area contributed by atoms with Crippen LogP contribution in [-0.4, -0.2) is 26.0 Å². The first-order valence-corrected chi connectivity index (χ1v) is 11.0. The van der Waals surface area contributed by atoms with Crippen LogP contribution in [0.3, 0.4) is 0 Å². The molecule has 0 radical (unpaired) electrons. The lowest BCUT2D eigenvalue weighted by Gasteiger charge is -2.19. The van der Waals surface area contributed by atoms with Gasteiger partial charge in [0.05, 0.1) is 25.5 Å². The SMILES string of the molecule is COc1ccc(NC2=C(c3ccc(C)c(C)c3)C(=O)N(c3cccc(C)c3C)C2=O)cc1OC. The van der Waals surface area contributed by atoms with Crippen molar-refractivity contribution in [1.29, 1.82) is 0 Å². The molecule has 3 aromatic carbocycles. The Kier molecular flexibility index (Phi) is 6.16. The molecule has 0 spiro atoms. The number of hydrogen-bond acceptors (Lipinski definition) is 5. The zero-order valence-electron chi connectivity index (χ0n) is 20.3. The van der Waals surface area contributed by atoms with Crippen LogP contribution in [0.4, 0.5) is 11.4 Å². The van der Waals surface area contributed by atoms with Crippen molar-refractivity contribution in [1.82, 2.24) is 0 Å². The van der Waals surface area contributed by atoms with Crippen LogP contribution in [-0.2, 0) is 9.59 Å². The fraction of sp³-hybridized carbons (Fsp3) is 0.214. The number of benzene rings is 3. The van der Waals surface area contributed by atoms with E-state index >= 15 is 0 Å². The van der Waals surface area contributed by atoms with Crippen LogP contribution < -0.4 is 19.7 Å². The third kappa shape index (κ3) is 3.92. The number of methoxy groups -OCH3 is 2. The monoisotopic (exact) mass is 456 g/mol. The van der Waals surface area contributed by atoms with Gasteiger partial charge in [0, 0.05) is 11.8 Å². The average Bonchev–Trinajstić information content (AvgIpc) is 3.06. The molecule has 0 aromatic heterocycles. The molecule has 6 heteroatoms. The van der Waals surface area contributed by atoms with Crippen molar-refractivity contribution in [2.24, 2.45) is 0 Å². The number of imide groups is 1. The van der Waals surface area contributed by atoms with Crippen LogP contribution in [0.25, 0.3) is 5.57 Å². The maximum absolute atomic E-state index is 13.8. The third-order valence-corrected chi connectivity index (χ3v) is 6.35. The summed E-state index contributed by atoms with van der Waals surface area (Å²) < 4.78 is 10.7. The summed E-state index contributed by atoms with van der Waals surface area (Å²) in [6, 6.07) is 16.7. The average molecular weight is 457 g/mol. The lowest BCUT2D eigenvalue weighted by molar-refractivity contribution is -0.120. The number of carbonyl (C=O) groups is 2. The number of aryl methyl sites for hydroxylation is 3. The van der Waals surface area contributed by atoms with Gasteiger partial charge in [0.2, 0.25) is 0 Å². The van der Waals surface area contributed by atoms with Crippen molar-refractivity contribution in [3.05, 3.63) is 88.1 Å². The van der Waals surface area contributed by atoms with Crippen LogP contribution in [0.15, 0.2) is 60.3 Å². The molecular weight excluding hydrogens is 428 g/mol. The summed E-state index contributed by atoms with van der Waals surface area (Å²) in [6.07, 6.45) is 0. The minimum Gasteiger partial charge on any atom is -0.493 e. The van der Waals surface area contributed by atoms with Gasteiger partial charge >= 0.3 is 0 Å². The van der Waals surface area contributed by atoms with Crippen molar-refractivity contribution in [2.75, 3.05) is 24.4 Å². The Morgan fingerprint density at radius 3 is 2.15 bits per heavy atom. The molecule has 0 unspecified atom stereocenters. The first kappa shape index (κ1) is 23.1. The van der Waals surface area contributed by atoms with E-state index in [1.54, 1.807) is 38.5 Å². The number of rotatable bonds is 6. The molecule has 0 atom stereocenters. The van der Waals surface area contributed by atoms with E-state index in [4.69, 9.17) is 9.47 Å². The van der Waals surface area contributed by atoms with Crippen molar-refractivity contribution in [3.8, 4) is 11.5 Å². The predicted octanol–water partition coefficient (Wildman–Crippen LogP) is 5.33. The topological polar surface area (TPSA) is 67.9 Å². The van der Waals surface area contributed by atoms with E-state index < -0.39 is 5.91 Å². The lowest BCUT2D eigenvalue weighted by atomic mass is 9.99. The number of anilines is 2. The normalized spacial score (nSPS) is 13.5. The molecule has 1 N–H and O–H groups in total. The van der Waals surface area contributed by atoms with Gasteiger partial charge in [0.25, 0.3) is 11.8 Å². The second-order valence-corrected chi connectivity index (χ2v) is 8.41. The minimum absolute atomic E-state index is 0.223. The number of nitrogens with one attached hydrogen (secondary N) is 1. The highest BCUT2D eigenvalue weighted by Crippen LogP contribution is 2.37. The molecule has 1 aliphatic rings. The molecule has 0 bridgehead atoms. The quantitative estimate of drug-likeness (QED) is 0.508. The van der Waals surface area contributed by atoms with Crippen LogP contribution in [0.2, 0.25) is 0 Å². The second-order valence-electron chi connectivity index (χ2n) is 8.41. The molecule has 3 aromatic rings. The molecule has 1 aliphatic heterocycles. The second kappa shape index (κ2) is 9.06. The summed E-state index contributed by atoms with van der Waals surface area (Å²) in [5, 5.41) is 3.20. The Hall–Kier alpha value is -4.06. The Bertz CT molecular complexity index is 1340. The maximum atomic E-state index is 13.8. The van der Waals surface area contributed by atoms with Gasteiger partial charge in [-0.1, -0.05) is 30.3 Å². The number of carbonyl (C=O) groups excluding carboxylic acids is 2. The van der Waals surface area contributed by atoms with E-state index in [2.05, 4.69) is 5.32 Å². The summed E-state index contributed by atoms with van der Waals surface area (Å²) in [6.45, 7) is 7.88. The molecule has 34 heavy (non-hydrogen) atoms. The van der Waals surface area contributed by atoms with Crippen molar-refractivity contribution >= 4 is 28.8 Å². The van der Waals surface area contributed by atoms with Crippen LogP contribution in [0.5, 0.6) is 11.5 Å². The number of nitrogens with zero attached hydrogens (tertiary/aromatic N) is 1. The van der Waals surface area contributed by atoms with Crippen LogP contribution in [0.1, 0.15) is 27.8 Å². The number of amides is 2. The van der Waals surface area contributed by atoms with Crippen molar-refractivity contribution < 1.29 is 19.1 Å². The first-order chi connectivity index (χ1) is 16.3. The standard InChI is InChI=1S/C28H28N2O4/c1-16-10-11-20(14-18(16)3)25-26(29-21-12-13-23(33-5)24(15-21)34-6)28(32)30(27(25)31)22-9-7-8-17(2)19(22)4/h7-15,29H,1-6H3. The highest BCUT2D eigenvalue weighted by molar-refractivity contribution is 6.46. The number of ether oxygens (including phenoxy) is 2. The first-order valence-electron chi connectivity index (χ1n) is 11.0. The van der Waals surface area contributed by atoms with Crippen LogP contribution >= 0.6 is 0 Å². The third-order valence-electron chi connectivity index (χ3n) is 6.35. The van der Waals surface area contributed by atoms with Gasteiger partial charge < -0.3 is 14.8 Å². The van der Waals surface area contributed by atoms with Gasteiger partial charge in [0.15, 0.2) is 11.5 Å². The molecule has 0 fully saturated rings. The van der Waals surface area contributed by atoms with E-state index in [1.807, 2.05) is 58.0 Å². The molecule has 2 amide bonds. The molecule has 174 valence electrons. The minimum atomic E-state index is -0.401. The molecule has 6 nitrogen and oxygen atoms in total. The summed E-state index contributed by atoms with van der Waals surface area (Å²) >= 11 is 0. The van der Waals surface area contributed by atoms with Gasteiger partial charge in [-0.15, -0.1) is 0 Å². The van der Waals surface area contributed by atoms with Gasteiger partial charge in [-0.25, -0.2) is 4.90 Å². The lowest BCUT2D eigenvalue weighted by Crippen LogP contribution is -2.33. The van der Waals surface area contributed by atoms with Crippen molar-refractivity contribution in [3.63, 3.8) is 0 Å². The Labute approximate surface area is 199 Å². The molecule has 0 saturated heterocycles. The fourth-order valence-corrected chi connectivity index (χ4v) is 4.07. The Balaban J connectivity index is 1.86. The van der Waals surface area contributed by atoms with Crippen LogP contribution in [0, 0.1) is 27.7 Å². The molecule has 4 rings (SSSR count). The van der Waals surface area contributed by atoms with Gasteiger partial charge in [-0.05, 0) is 73.7 Å². The van der Waals surface area contributed by atoms with E-state index in [0.29, 0.717) is 34.0 Å². The van der Waals surface area contributed by atoms with E-state index in [9.17, 15) is 9.59 Å². The molecule has 1 heterocycles. The highest BCUT2D eigenvalue weighted by Gasteiger charge is 2.41. The molecular formula is C28H28N2O4. The highest BCUT2D eigenvalue weighted by atomic mass is 16.5. The molecule has 0 aliphatic carbocycles. The molecule has 0 saturated carbocycles. The summed E-state index contributed by atoms with van der Waals surface area (Å²) in [7, 11) is 3.11. The van der Waals surface area contributed by atoms with Gasteiger partial charge in [0.1, 0.15) is 5.70 Å². The Morgan fingerprint density at radius 1 is 0.735 bits per heavy atom. The zero-order chi connectivity index (χ0) is 24.6. The zero-order valence-corrected chi connectivity index (χ0v) is 20.3. The van der Waals surface area contributed by atoms with Gasteiger partial charge in [-0.2, -0.15) is 0 Å². The maximum Gasteiger partial charge on any atom is 0.282 e. The Morgan fingerprint density at radius 2 is 1.47 bits per heavy atom. The largest absolute Gasteiger partial charge is 0.493 e. The van der Waals surface area contributed by atoms with E-state index in [1.165, 1.54) is 4.90 Å². The van der Waals surface area contributed by atoms with E-state index in [-0.39, 0.29) is 11.6 Å². The van der Waals surface area contributed by atoms with E-state index in [0.717, 1.165) is 22.3 Å². The predicted molar refractivity (Wildman–Crippen MR) is 134 cm³/mol. The number of hydrogen-bond donors (Lipinski definition) is 1. The summed E-state index contributed by atoms with van der Waals surface area (Å²) in [5.74, 6) is 0.331. The summed E-state index contributed by atoms with van der Waals surface area (Å²) in [4.78, 5) is 28.7. The van der Waals surface area contributed by atoms with Crippen molar-refractivity contribution in [2.45, 2.75) is 27.7 Å².